The van der Waals surface area contributed by atoms with Gasteiger partial charge in [-0.3, -0.25) is 4.79 Å². The van der Waals surface area contributed by atoms with Gasteiger partial charge in [0.15, 0.2) is 0 Å². The van der Waals surface area contributed by atoms with Crippen LogP contribution < -0.4 is 0 Å². The van der Waals surface area contributed by atoms with E-state index in [1.165, 1.54) is 37.5 Å². The molecule has 0 atom stereocenters. The molecule has 0 aliphatic heterocycles. The van der Waals surface area contributed by atoms with Gasteiger partial charge in [0.1, 0.15) is 18.2 Å². The Labute approximate surface area is 162 Å². The summed E-state index contributed by atoms with van der Waals surface area (Å²) in [6.07, 6.45) is -1.93. The number of halogens is 4. The molecule has 150 valence electrons. The van der Waals surface area contributed by atoms with Gasteiger partial charge in [0.2, 0.25) is 0 Å². The molecule has 0 aliphatic rings. The van der Waals surface area contributed by atoms with Crippen molar-refractivity contribution < 1.29 is 27.1 Å². The van der Waals surface area contributed by atoms with Gasteiger partial charge in [0, 0.05) is 42.2 Å². The number of nitrogens with zero attached hydrogens (tertiary/aromatic N) is 3. The van der Waals surface area contributed by atoms with E-state index in [9.17, 15) is 22.4 Å². The van der Waals surface area contributed by atoms with Crippen LogP contribution in [0.5, 0.6) is 0 Å². The van der Waals surface area contributed by atoms with Crippen LogP contribution in [0.2, 0.25) is 0 Å². The maximum atomic E-state index is 14.3. The fourth-order valence-corrected chi connectivity index (χ4v) is 4.12. The molecule has 0 N–H and O–H groups in total. The van der Waals surface area contributed by atoms with Gasteiger partial charge in [-0.1, -0.05) is 6.07 Å². The molecular weight excluding hydrogens is 398 g/mol. The number of thiophene rings is 1. The summed E-state index contributed by atoms with van der Waals surface area (Å²) in [5.41, 5.74) is 0.427. The van der Waals surface area contributed by atoms with Gasteiger partial charge in [-0.05, 0) is 12.1 Å². The van der Waals surface area contributed by atoms with Crippen molar-refractivity contribution in [1.82, 2.24) is 14.5 Å². The highest BCUT2D eigenvalue weighted by atomic mass is 32.1. The van der Waals surface area contributed by atoms with Gasteiger partial charge in [-0.15, -0.1) is 11.3 Å². The molecule has 0 spiro atoms. The zero-order valence-electron chi connectivity index (χ0n) is 15.1. The predicted octanol–water partition coefficient (Wildman–Crippen LogP) is 4.22. The third-order valence-corrected chi connectivity index (χ3v) is 5.31. The number of carbonyl (C=O) groups is 1. The monoisotopic (exact) mass is 415 g/mol. The summed E-state index contributed by atoms with van der Waals surface area (Å²) in [7, 11) is 2.91. The molecule has 10 heteroatoms. The molecule has 0 saturated carbocycles. The SMILES string of the molecule is COCc1c(C(=O)N(C)Cc2nccn2CC(F)(F)F)sc2cccc(F)c12. The Hall–Kier alpha value is -2.46. The summed E-state index contributed by atoms with van der Waals surface area (Å²) in [5.74, 6) is -0.786. The third-order valence-electron chi connectivity index (χ3n) is 4.12. The number of ether oxygens (including phenoxy) is 1. The zero-order valence-corrected chi connectivity index (χ0v) is 15.9. The number of amides is 1. The van der Waals surface area contributed by atoms with Crippen LogP contribution in [-0.2, 0) is 24.4 Å². The highest BCUT2D eigenvalue weighted by Crippen LogP contribution is 2.34. The van der Waals surface area contributed by atoms with Gasteiger partial charge < -0.3 is 14.2 Å². The number of imidazole rings is 1. The Kier molecular flexibility index (Phi) is 5.71. The van der Waals surface area contributed by atoms with E-state index in [0.717, 1.165) is 15.9 Å². The Morgan fingerprint density at radius 3 is 2.79 bits per heavy atom. The van der Waals surface area contributed by atoms with E-state index in [1.54, 1.807) is 12.1 Å². The minimum Gasteiger partial charge on any atom is -0.380 e. The first-order valence-electron chi connectivity index (χ1n) is 8.22. The van der Waals surface area contributed by atoms with E-state index in [2.05, 4.69) is 4.98 Å². The fraction of sp³-hybridized carbons (Fsp3) is 0.333. The van der Waals surface area contributed by atoms with E-state index in [0.29, 0.717) is 20.5 Å². The second-order valence-electron chi connectivity index (χ2n) is 6.20. The number of hydrogen-bond donors (Lipinski definition) is 0. The lowest BCUT2D eigenvalue weighted by molar-refractivity contribution is -0.141. The number of benzene rings is 1. The molecule has 2 heterocycles. The number of carbonyl (C=O) groups excluding carboxylic acids is 1. The summed E-state index contributed by atoms with van der Waals surface area (Å²) in [6.45, 7) is -1.27. The van der Waals surface area contributed by atoms with E-state index >= 15 is 0 Å². The van der Waals surface area contributed by atoms with Crippen molar-refractivity contribution >= 4 is 27.3 Å². The van der Waals surface area contributed by atoms with Crippen LogP contribution in [0.3, 0.4) is 0 Å². The number of hydrogen-bond acceptors (Lipinski definition) is 4. The van der Waals surface area contributed by atoms with Crippen LogP contribution in [0.4, 0.5) is 17.6 Å². The predicted molar refractivity (Wildman–Crippen MR) is 96.6 cm³/mol. The summed E-state index contributed by atoms with van der Waals surface area (Å²) in [4.78, 5) is 18.4. The first-order chi connectivity index (χ1) is 13.2. The number of alkyl halides is 3. The maximum Gasteiger partial charge on any atom is 0.406 e. The van der Waals surface area contributed by atoms with Crippen molar-refractivity contribution in [3.05, 3.63) is 52.7 Å². The normalized spacial score (nSPS) is 11.9. The Morgan fingerprint density at radius 1 is 1.36 bits per heavy atom. The van der Waals surface area contributed by atoms with Crippen molar-refractivity contribution in [1.29, 1.82) is 0 Å². The van der Waals surface area contributed by atoms with Crippen LogP contribution in [0.15, 0.2) is 30.6 Å². The lowest BCUT2D eigenvalue weighted by Crippen LogP contribution is -2.29. The molecule has 0 saturated heterocycles. The molecule has 0 fully saturated rings. The maximum absolute atomic E-state index is 14.3. The summed E-state index contributed by atoms with van der Waals surface area (Å²) >= 11 is 1.12. The van der Waals surface area contributed by atoms with Gasteiger partial charge in [-0.2, -0.15) is 13.2 Å². The molecule has 3 rings (SSSR count). The quantitative estimate of drug-likeness (QED) is 0.567. The Balaban J connectivity index is 1.90. The molecule has 0 unspecified atom stereocenters. The first kappa shape index (κ1) is 20.3. The molecule has 1 aromatic carbocycles. The summed E-state index contributed by atoms with van der Waals surface area (Å²) in [6, 6.07) is 4.56. The first-order valence-corrected chi connectivity index (χ1v) is 9.04. The highest BCUT2D eigenvalue weighted by molar-refractivity contribution is 7.21. The van der Waals surface area contributed by atoms with Crippen molar-refractivity contribution in [2.75, 3.05) is 14.2 Å². The van der Waals surface area contributed by atoms with Crippen molar-refractivity contribution in [3.8, 4) is 0 Å². The number of aromatic nitrogens is 2. The average Bonchev–Trinajstić information content (AvgIpc) is 3.18. The van der Waals surface area contributed by atoms with E-state index in [4.69, 9.17) is 4.74 Å². The molecule has 5 nitrogen and oxygen atoms in total. The lowest BCUT2D eigenvalue weighted by Gasteiger charge is -2.18. The number of methoxy groups -OCH3 is 1. The number of rotatable bonds is 6. The van der Waals surface area contributed by atoms with E-state index in [1.807, 2.05) is 0 Å². The average molecular weight is 415 g/mol. The smallest absolute Gasteiger partial charge is 0.380 e. The van der Waals surface area contributed by atoms with Crippen LogP contribution in [0, 0.1) is 5.82 Å². The minimum atomic E-state index is -4.40. The van der Waals surface area contributed by atoms with Crippen LogP contribution in [-0.4, -0.2) is 40.7 Å². The molecule has 0 aliphatic carbocycles. The van der Waals surface area contributed by atoms with Gasteiger partial charge in [0.05, 0.1) is 18.0 Å². The molecule has 0 bridgehead atoms. The van der Waals surface area contributed by atoms with Crippen LogP contribution >= 0.6 is 11.3 Å². The molecular formula is C18H17F4N3O2S. The van der Waals surface area contributed by atoms with E-state index in [-0.39, 0.29) is 19.0 Å². The molecule has 2 aromatic heterocycles. The van der Waals surface area contributed by atoms with Crippen molar-refractivity contribution in [3.63, 3.8) is 0 Å². The summed E-state index contributed by atoms with van der Waals surface area (Å²) in [5, 5.41) is 0.324. The topological polar surface area (TPSA) is 47.4 Å². The third kappa shape index (κ3) is 4.17. The second-order valence-corrected chi connectivity index (χ2v) is 7.26. The summed E-state index contributed by atoms with van der Waals surface area (Å²) < 4.78 is 59.0. The highest BCUT2D eigenvalue weighted by Gasteiger charge is 2.29. The van der Waals surface area contributed by atoms with Crippen LogP contribution in [0.25, 0.3) is 10.1 Å². The molecule has 1 amide bonds. The Morgan fingerprint density at radius 2 is 2.11 bits per heavy atom. The molecule has 3 aromatic rings. The Bertz CT molecular complexity index is 997. The standard InChI is InChI=1S/C18H17F4N3O2S/c1-24(8-14-23-6-7-25(14)10-18(20,21)22)17(26)16-11(9-27-2)15-12(19)4-3-5-13(15)28-16/h3-7H,8-10H2,1-2H3. The van der Waals surface area contributed by atoms with Gasteiger partial charge in [0.25, 0.3) is 5.91 Å². The zero-order chi connectivity index (χ0) is 20.5. The molecule has 0 radical (unpaired) electrons. The van der Waals surface area contributed by atoms with Crippen molar-refractivity contribution in [2.24, 2.45) is 0 Å². The molecule has 28 heavy (non-hydrogen) atoms. The van der Waals surface area contributed by atoms with Crippen LogP contribution in [0.1, 0.15) is 21.1 Å². The largest absolute Gasteiger partial charge is 0.406 e. The van der Waals surface area contributed by atoms with Crippen molar-refractivity contribution in [2.45, 2.75) is 25.9 Å². The fourth-order valence-electron chi connectivity index (χ4n) is 2.91. The van der Waals surface area contributed by atoms with Gasteiger partial charge in [-0.25, -0.2) is 9.37 Å². The van der Waals surface area contributed by atoms with Gasteiger partial charge >= 0.3 is 6.18 Å². The second kappa shape index (κ2) is 7.88. The number of fused-ring (bicyclic) bond motifs is 1. The van der Waals surface area contributed by atoms with E-state index < -0.39 is 24.4 Å². The lowest BCUT2D eigenvalue weighted by atomic mass is 10.1. The minimum absolute atomic E-state index is 0.0402.